The number of nitrogens with zero attached hydrogens (tertiary/aromatic N) is 2. The summed E-state index contributed by atoms with van der Waals surface area (Å²) in [5.41, 5.74) is 1.61. The van der Waals surface area contributed by atoms with Crippen LogP contribution in [0.4, 0.5) is 11.5 Å². The van der Waals surface area contributed by atoms with Gasteiger partial charge in [-0.25, -0.2) is 0 Å². The van der Waals surface area contributed by atoms with Gasteiger partial charge < -0.3 is 20.1 Å². The van der Waals surface area contributed by atoms with E-state index in [1.807, 2.05) is 19.1 Å². The first kappa shape index (κ1) is 22.0. The number of nitrogens with one attached hydrogen (secondary N) is 2. The summed E-state index contributed by atoms with van der Waals surface area (Å²) in [6.45, 7) is 3.54. The molecule has 0 unspecified atom stereocenters. The van der Waals surface area contributed by atoms with E-state index in [0.29, 0.717) is 17.3 Å². The molecule has 8 nitrogen and oxygen atoms in total. The molecule has 2 rings (SSSR count). The standard InChI is InChI=1S/C18H21BrN4O4S/c1-11-6-13(19)4-5-14(11)20-16(24)8-23(3)18(26)10-28-9-17(25)21-15-7-12(2)27-22-15/h4-7H,8-10H2,1-3H3,(H,20,24)(H,21,22,25). The van der Waals surface area contributed by atoms with E-state index in [0.717, 1.165) is 21.8 Å². The Morgan fingerprint density at radius 2 is 1.89 bits per heavy atom. The molecule has 10 heteroatoms. The fraction of sp³-hybridized carbons (Fsp3) is 0.333. The molecule has 0 bridgehead atoms. The van der Waals surface area contributed by atoms with Crippen molar-refractivity contribution < 1.29 is 18.9 Å². The first-order valence-electron chi connectivity index (χ1n) is 8.35. The second-order valence-electron chi connectivity index (χ2n) is 6.12. The quantitative estimate of drug-likeness (QED) is 0.616. The zero-order chi connectivity index (χ0) is 20.7. The summed E-state index contributed by atoms with van der Waals surface area (Å²) in [5, 5.41) is 9.03. The van der Waals surface area contributed by atoms with Crippen molar-refractivity contribution in [2.24, 2.45) is 0 Å². The van der Waals surface area contributed by atoms with Crippen molar-refractivity contribution in [3.05, 3.63) is 40.1 Å². The number of carbonyl (C=O) groups is 3. The number of carbonyl (C=O) groups excluding carboxylic acids is 3. The van der Waals surface area contributed by atoms with E-state index in [9.17, 15) is 14.4 Å². The molecule has 28 heavy (non-hydrogen) atoms. The lowest BCUT2D eigenvalue weighted by atomic mass is 10.2. The molecule has 2 aromatic rings. The number of anilines is 2. The van der Waals surface area contributed by atoms with Gasteiger partial charge in [0, 0.05) is 23.3 Å². The average molecular weight is 469 g/mol. The summed E-state index contributed by atoms with van der Waals surface area (Å²) in [5.74, 6) is 0.311. The third kappa shape index (κ3) is 7.01. The molecule has 0 aliphatic carbocycles. The molecule has 1 aromatic heterocycles. The third-order valence-electron chi connectivity index (χ3n) is 3.62. The minimum atomic E-state index is -0.287. The first-order chi connectivity index (χ1) is 13.2. The van der Waals surface area contributed by atoms with Crippen LogP contribution in [0.3, 0.4) is 0 Å². The van der Waals surface area contributed by atoms with Crippen LogP contribution in [0.2, 0.25) is 0 Å². The van der Waals surface area contributed by atoms with Crippen molar-refractivity contribution in [2.45, 2.75) is 13.8 Å². The molecule has 2 N–H and O–H groups in total. The van der Waals surface area contributed by atoms with Gasteiger partial charge in [-0.2, -0.15) is 0 Å². The Balaban J connectivity index is 1.71. The summed E-state index contributed by atoms with van der Waals surface area (Å²) in [6.07, 6.45) is 0. The molecular formula is C18H21BrN4O4S. The van der Waals surface area contributed by atoms with Crippen LogP contribution in [-0.4, -0.2) is 52.9 Å². The molecule has 0 saturated heterocycles. The van der Waals surface area contributed by atoms with Gasteiger partial charge in [-0.05, 0) is 37.6 Å². The van der Waals surface area contributed by atoms with E-state index < -0.39 is 0 Å². The maximum atomic E-state index is 12.1. The largest absolute Gasteiger partial charge is 0.360 e. The highest BCUT2D eigenvalue weighted by Crippen LogP contribution is 2.20. The van der Waals surface area contributed by atoms with Gasteiger partial charge in [0.15, 0.2) is 5.82 Å². The molecule has 0 saturated carbocycles. The highest BCUT2D eigenvalue weighted by atomic mass is 79.9. The van der Waals surface area contributed by atoms with Crippen molar-refractivity contribution in [1.29, 1.82) is 0 Å². The average Bonchev–Trinajstić information content (AvgIpc) is 3.01. The topological polar surface area (TPSA) is 105 Å². The monoisotopic (exact) mass is 468 g/mol. The molecule has 0 aliphatic rings. The molecule has 150 valence electrons. The highest BCUT2D eigenvalue weighted by Gasteiger charge is 2.15. The lowest BCUT2D eigenvalue weighted by molar-refractivity contribution is -0.131. The second kappa shape index (κ2) is 10.3. The summed E-state index contributed by atoms with van der Waals surface area (Å²) in [6, 6.07) is 7.13. The first-order valence-corrected chi connectivity index (χ1v) is 10.3. The number of aromatic nitrogens is 1. The Morgan fingerprint density at radius 3 is 2.54 bits per heavy atom. The number of benzene rings is 1. The van der Waals surface area contributed by atoms with Gasteiger partial charge in [-0.15, -0.1) is 11.8 Å². The number of halogens is 1. The fourth-order valence-corrected chi connectivity index (χ4v) is 3.44. The van der Waals surface area contributed by atoms with Crippen molar-refractivity contribution in [1.82, 2.24) is 10.1 Å². The van der Waals surface area contributed by atoms with Crippen LogP contribution in [0.5, 0.6) is 0 Å². The molecule has 1 heterocycles. The zero-order valence-electron chi connectivity index (χ0n) is 15.7. The number of aryl methyl sites for hydroxylation is 2. The Hall–Kier alpha value is -2.33. The van der Waals surface area contributed by atoms with E-state index in [1.54, 1.807) is 26.1 Å². The number of thioether (sulfide) groups is 1. The fourth-order valence-electron chi connectivity index (χ4n) is 2.21. The maximum Gasteiger partial charge on any atom is 0.243 e. The zero-order valence-corrected chi connectivity index (χ0v) is 18.1. The van der Waals surface area contributed by atoms with Crippen LogP contribution >= 0.6 is 27.7 Å². The lowest BCUT2D eigenvalue weighted by Gasteiger charge is -2.17. The van der Waals surface area contributed by atoms with Crippen LogP contribution in [-0.2, 0) is 14.4 Å². The van der Waals surface area contributed by atoms with Crippen LogP contribution in [0, 0.1) is 13.8 Å². The van der Waals surface area contributed by atoms with Gasteiger partial charge in [0.05, 0.1) is 18.1 Å². The summed E-state index contributed by atoms with van der Waals surface area (Å²) < 4.78 is 5.79. The molecule has 0 fully saturated rings. The number of hydrogen-bond donors (Lipinski definition) is 2. The smallest absolute Gasteiger partial charge is 0.243 e. The van der Waals surface area contributed by atoms with Gasteiger partial charge >= 0.3 is 0 Å². The lowest BCUT2D eigenvalue weighted by Crippen LogP contribution is -2.36. The van der Waals surface area contributed by atoms with Crippen LogP contribution in [0.15, 0.2) is 33.3 Å². The summed E-state index contributed by atoms with van der Waals surface area (Å²) >= 11 is 4.53. The number of rotatable bonds is 8. The molecule has 0 aliphatic heterocycles. The van der Waals surface area contributed by atoms with Crippen molar-refractivity contribution in [2.75, 3.05) is 35.7 Å². The molecular weight excluding hydrogens is 448 g/mol. The minimum Gasteiger partial charge on any atom is -0.360 e. The predicted molar refractivity (Wildman–Crippen MR) is 112 cm³/mol. The summed E-state index contributed by atoms with van der Waals surface area (Å²) in [7, 11) is 1.55. The van der Waals surface area contributed by atoms with Gasteiger partial charge in [0.1, 0.15) is 5.76 Å². The number of hydrogen-bond acceptors (Lipinski definition) is 6. The predicted octanol–water partition coefficient (Wildman–Crippen LogP) is 2.82. The molecule has 3 amide bonds. The van der Waals surface area contributed by atoms with E-state index in [2.05, 4.69) is 31.7 Å². The van der Waals surface area contributed by atoms with Crippen LogP contribution in [0.1, 0.15) is 11.3 Å². The molecule has 0 spiro atoms. The van der Waals surface area contributed by atoms with Crippen molar-refractivity contribution in [3.8, 4) is 0 Å². The van der Waals surface area contributed by atoms with Gasteiger partial charge in [0.25, 0.3) is 0 Å². The van der Waals surface area contributed by atoms with Gasteiger partial charge in [-0.3, -0.25) is 14.4 Å². The van der Waals surface area contributed by atoms with E-state index in [4.69, 9.17) is 4.52 Å². The van der Waals surface area contributed by atoms with Crippen LogP contribution in [0.25, 0.3) is 0 Å². The van der Waals surface area contributed by atoms with Crippen LogP contribution < -0.4 is 10.6 Å². The highest BCUT2D eigenvalue weighted by molar-refractivity contribution is 9.10. The Kier molecular flexibility index (Phi) is 8.06. The van der Waals surface area contributed by atoms with Crippen molar-refractivity contribution in [3.63, 3.8) is 0 Å². The van der Waals surface area contributed by atoms with E-state index in [1.165, 1.54) is 4.90 Å². The molecule has 1 aromatic carbocycles. The second-order valence-corrected chi connectivity index (χ2v) is 8.02. The molecule has 0 atom stereocenters. The molecule has 0 radical (unpaired) electrons. The van der Waals surface area contributed by atoms with E-state index >= 15 is 0 Å². The Morgan fingerprint density at radius 1 is 1.14 bits per heavy atom. The maximum absolute atomic E-state index is 12.1. The van der Waals surface area contributed by atoms with Gasteiger partial charge in [0.2, 0.25) is 17.7 Å². The third-order valence-corrected chi connectivity index (χ3v) is 5.03. The van der Waals surface area contributed by atoms with E-state index in [-0.39, 0.29) is 35.8 Å². The number of amides is 3. The Bertz CT molecular complexity index is 871. The normalized spacial score (nSPS) is 10.4. The SMILES string of the molecule is Cc1cc(NC(=O)CSCC(=O)N(C)CC(=O)Nc2ccc(Br)cc2C)no1. The minimum absolute atomic E-state index is 0.0701. The number of likely N-dealkylation sites (N-methyl/N-ethyl adjacent to an activating group) is 1. The summed E-state index contributed by atoms with van der Waals surface area (Å²) in [4.78, 5) is 37.4. The van der Waals surface area contributed by atoms with Crippen molar-refractivity contribution >= 4 is 56.9 Å². The van der Waals surface area contributed by atoms with Gasteiger partial charge in [-0.1, -0.05) is 21.1 Å². The Labute approximate surface area is 175 Å².